The summed E-state index contributed by atoms with van der Waals surface area (Å²) in [6.45, 7) is 5.01. The number of aliphatic carboxylic acids is 1. The molecule has 1 atom stereocenters. The summed E-state index contributed by atoms with van der Waals surface area (Å²) in [5.41, 5.74) is 0.163. The van der Waals surface area contributed by atoms with Gasteiger partial charge in [-0.2, -0.15) is 0 Å². The molecule has 0 aromatic rings. The summed E-state index contributed by atoms with van der Waals surface area (Å²) in [5.74, 6) is -1.22. The Kier molecular flexibility index (Phi) is 6.06. The minimum atomic E-state index is -0.806. The quantitative estimate of drug-likeness (QED) is 0.706. The third-order valence-electron chi connectivity index (χ3n) is 5.08. The van der Waals surface area contributed by atoms with Crippen LogP contribution in [-0.2, 0) is 9.53 Å². The van der Waals surface area contributed by atoms with Crippen molar-refractivity contribution in [2.45, 2.75) is 45.4 Å². The van der Waals surface area contributed by atoms with Crippen molar-refractivity contribution in [2.24, 2.45) is 11.3 Å². The average Bonchev–Trinajstić information content (AvgIpc) is 3.15. The van der Waals surface area contributed by atoms with E-state index in [4.69, 9.17) is 9.84 Å². The molecule has 1 aliphatic heterocycles. The molecule has 1 saturated carbocycles. The van der Waals surface area contributed by atoms with Crippen LogP contribution in [0, 0.1) is 11.3 Å². The fraction of sp³-hybridized carbons (Fsp3) is 0.875. The summed E-state index contributed by atoms with van der Waals surface area (Å²) in [4.78, 5) is 24.8. The molecule has 1 unspecified atom stereocenters. The Morgan fingerprint density at radius 3 is 2.68 bits per heavy atom. The first-order chi connectivity index (χ1) is 10.6. The molecule has 0 aromatic heterocycles. The fourth-order valence-electron chi connectivity index (χ4n) is 3.59. The highest BCUT2D eigenvalue weighted by Crippen LogP contribution is 2.40. The van der Waals surface area contributed by atoms with Gasteiger partial charge in [-0.05, 0) is 38.0 Å². The first-order valence-corrected chi connectivity index (χ1v) is 8.40. The number of carboxylic acid groups (broad SMARTS) is 1. The molecule has 0 aromatic carbocycles. The topological polar surface area (TPSA) is 78.9 Å². The highest BCUT2D eigenvalue weighted by Gasteiger charge is 2.35. The summed E-state index contributed by atoms with van der Waals surface area (Å²) in [6.07, 6.45) is 6.24. The molecule has 0 radical (unpaired) electrons. The number of nitrogens with one attached hydrogen (secondary N) is 1. The number of carbonyl (C=O) groups excluding carboxylic acids is 1. The highest BCUT2D eigenvalue weighted by molar-refractivity contribution is 5.77. The van der Waals surface area contributed by atoms with Gasteiger partial charge in [-0.25, -0.2) is 4.79 Å². The summed E-state index contributed by atoms with van der Waals surface area (Å²) >= 11 is 0. The van der Waals surface area contributed by atoms with Gasteiger partial charge in [0.2, 0.25) is 0 Å². The maximum Gasteiger partial charge on any atom is 0.317 e. The number of urea groups is 1. The Labute approximate surface area is 132 Å². The minimum absolute atomic E-state index is 0.119. The smallest absolute Gasteiger partial charge is 0.317 e. The molecule has 2 N–H and O–H groups in total. The summed E-state index contributed by atoms with van der Waals surface area (Å²) in [6, 6.07) is -0.119. The van der Waals surface area contributed by atoms with E-state index in [-0.39, 0.29) is 11.4 Å². The van der Waals surface area contributed by atoms with Crippen LogP contribution in [-0.4, -0.2) is 54.9 Å². The zero-order valence-corrected chi connectivity index (χ0v) is 13.5. The predicted octanol–water partition coefficient (Wildman–Crippen LogP) is 2.09. The van der Waals surface area contributed by atoms with Crippen molar-refractivity contribution in [3.63, 3.8) is 0 Å². The number of hydrogen-bond donors (Lipinski definition) is 2. The van der Waals surface area contributed by atoms with E-state index in [2.05, 4.69) is 5.32 Å². The van der Waals surface area contributed by atoms with Crippen LogP contribution in [0.5, 0.6) is 0 Å². The Morgan fingerprint density at radius 2 is 2.09 bits per heavy atom. The maximum absolute atomic E-state index is 12.2. The monoisotopic (exact) mass is 312 g/mol. The maximum atomic E-state index is 12.2. The molecular formula is C16H28N2O4. The van der Waals surface area contributed by atoms with Crippen molar-refractivity contribution in [1.82, 2.24) is 10.2 Å². The van der Waals surface area contributed by atoms with Crippen molar-refractivity contribution in [3.8, 4) is 0 Å². The Morgan fingerprint density at radius 1 is 1.36 bits per heavy atom. The lowest BCUT2D eigenvalue weighted by molar-refractivity contribution is -0.141. The molecule has 126 valence electrons. The predicted molar refractivity (Wildman–Crippen MR) is 82.7 cm³/mol. The van der Waals surface area contributed by atoms with E-state index in [1.807, 2.05) is 6.92 Å². The lowest BCUT2D eigenvalue weighted by Gasteiger charge is -2.30. The second kappa shape index (κ2) is 7.81. The molecule has 2 fully saturated rings. The molecule has 1 saturated heterocycles. The molecular weight excluding hydrogens is 284 g/mol. The van der Waals surface area contributed by atoms with E-state index in [9.17, 15) is 9.59 Å². The fourth-order valence-corrected chi connectivity index (χ4v) is 3.59. The molecule has 6 heteroatoms. The zero-order valence-electron chi connectivity index (χ0n) is 13.5. The average molecular weight is 312 g/mol. The Hall–Kier alpha value is -1.30. The van der Waals surface area contributed by atoms with Crippen LogP contribution in [0.25, 0.3) is 0 Å². The van der Waals surface area contributed by atoms with Crippen LogP contribution in [0.4, 0.5) is 4.79 Å². The van der Waals surface area contributed by atoms with Crippen LogP contribution in [0.2, 0.25) is 0 Å². The highest BCUT2D eigenvalue weighted by atomic mass is 16.5. The number of amides is 2. The molecule has 1 heterocycles. The number of likely N-dealkylation sites (tertiary alicyclic amines) is 1. The van der Waals surface area contributed by atoms with E-state index in [0.29, 0.717) is 26.1 Å². The Bertz CT molecular complexity index is 394. The number of nitrogens with zero attached hydrogens (tertiary/aromatic N) is 1. The molecule has 22 heavy (non-hydrogen) atoms. The number of rotatable bonds is 7. The molecule has 2 aliphatic rings. The third kappa shape index (κ3) is 4.35. The first-order valence-electron chi connectivity index (χ1n) is 8.40. The van der Waals surface area contributed by atoms with E-state index >= 15 is 0 Å². The van der Waals surface area contributed by atoms with Gasteiger partial charge in [-0.15, -0.1) is 0 Å². The van der Waals surface area contributed by atoms with Crippen LogP contribution < -0.4 is 5.32 Å². The molecule has 6 nitrogen and oxygen atoms in total. The van der Waals surface area contributed by atoms with Gasteiger partial charge >= 0.3 is 12.0 Å². The van der Waals surface area contributed by atoms with Gasteiger partial charge in [0.1, 0.15) is 0 Å². The standard InChI is InChI=1S/C16H28N2O4/c1-2-22-10-8-16(6-3-4-7-16)12-17-15(21)18-9-5-13(11-18)14(19)20/h13H,2-12H2,1H3,(H,17,21)(H,19,20). The molecule has 2 amide bonds. The van der Waals surface area contributed by atoms with Gasteiger partial charge in [0.05, 0.1) is 5.92 Å². The van der Waals surface area contributed by atoms with E-state index < -0.39 is 11.9 Å². The van der Waals surface area contributed by atoms with Crippen molar-refractivity contribution in [2.75, 3.05) is 32.8 Å². The number of carboxylic acids is 1. The van der Waals surface area contributed by atoms with Gasteiger partial charge in [0, 0.05) is 32.8 Å². The van der Waals surface area contributed by atoms with Gasteiger partial charge in [-0.1, -0.05) is 12.8 Å². The molecule has 0 bridgehead atoms. The number of ether oxygens (including phenoxy) is 1. The van der Waals surface area contributed by atoms with E-state index in [1.165, 1.54) is 12.8 Å². The van der Waals surface area contributed by atoms with Crippen molar-refractivity contribution in [1.29, 1.82) is 0 Å². The van der Waals surface area contributed by atoms with Crippen molar-refractivity contribution >= 4 is 12.0 Å². The second-order valence-electron chi connectivity index (χ2n) is 6.58. The van der Waals surface area contributed by atoms with Gasteiger partial charge in [0.15, 0.2) is 0 Å². The zero-order chi connectivity index (χ0) is 16.0. The third-order valence-corrected chi connectivity index (χ3v) is 5.08. The van der Waals surface area contributed by atoms with E-state index in [0.717, 1.165) is 32.5 Å². The second-order valence-corrected chi connectivity index (χ2v) is 6.58. The first kappa shape index (κ1) is 17.1. The lowest BCUT2D eigenvalue weighted by atomic mass is 9.83. The van der Waals surface area contributed by atoms with Crippen molar-refractivity contribution in [3.05, 3.63) is 0 Å². The summed E-state index contributed by atoms with van der Waals surface area (Å²) in [5, 5.41) is 12.0. The van der Waals surface area contributed by atoms with Crippen LogP contribution in [0.3, 0.4) is 0 Å². The molecule has 2 rings (SSSR count). The Balaban J connectivity index is 1.79. The van der Waals surface area contributed by atoms with Crippen molar-refractivity contribution < 1.29 is 19.4 Å². The SMILES string of the molecule is CCOCCC1(CNC(=O)N2CCC(C(=O)O)C2)CCCC1. The van der Waals surface area contributed by atoms with Gasteiger partial charge in [0.25, 0.3) is 0 Å². The largest absolute Gasteiger partial charge is 0.481 e. The summed E-state index contributed by atoms with van der Waals surface area (Å²) < 4.78 is 5.48. The molecule has 1 aliphatic carbocycles. The van der Waals surface area contributed by atoms with E-state index in [1.54, 1.807) is 4.90 Å². The number of carbonyl (C=O) groups is 2. The van der Waals surface area contributed by atoms with Crippen LogP contribution >= 0.6 is 0 Å². The molecule has 0 spiro atoms. The van der Waals surface area contributed by atoms with Crippen LogP contribution in [0.1, 0.15) is 45.4 Å². The minimum Gasteiger partial charge on any atom is -0.481 e. The summed E-state index contributed by atoms with van der Waals surface area (Å²) in [7, 11) is 0. The number of hydrogen-bond acceptors (Lipinski definition) is 3. The van der Waals surface area contributed by atoms with Gasteiger partial charge in [-0.3, -0.25) is 4.79 Å². The lowest BCUT2D eigenvalue weighted by Crippen LogP contribution is -2.44. The van der Waals surface area contributed by atoms with Gasteiger partial charge < -0.3 is 20.1 Å². The van der Waals surface area contributed by atoms with Crippen LogP contribution in [0.15, 0.2) is 0 Å². The normalized spacial score (nSPS) is 23.7.